The van der Waals surface area contributed by atoms with E-state index in [1.807, 2.05) is 25.1 Å². The largest absolute Gasteiger partial charge is 0.394 e. The Balaban J connectivity index is 2.59. The minimum absolute atomic E-state index is 0.0321. The molecule has 1 aromatic rings. The molecule has 0 aliphatic heterocycles. The van der Waals surface area contributed by atoms with Gasteiger partial charge < -0.3 is 15.6 Å². The lowest BCUT2D eigenvalue weighted by Gasteiger charge is -2.28. The Labute approximate surface area is 90.9 Å². The van der Waals surface area contributed by atoms with Crippen molar-refractivity contribution in [2.75, 3.05) is 19.8 Å². The SMILES string of the molecule is CC(CN)(Cc1ccccc1)OCCO. The number of aliphatic hydroxyl groups is 1. The van der Waals surface area contributed by atoms with Crippen LogP contribution in [0.2, 0.25) is 0 Å². The summed E-state index contributed by atoms with van der Waals surface area (Å²) in [7, 11) is 0. The number of nitrogens with two attached hydrogens (primary N) is 1. The van der Waals surface area contributed by atoms with E-state index in [0.29, 0.717) is 13.2 Å². The first-order chi connectivity index (χ1) is 7.20. The zero-order valence-corrected chi connectivity index (χ0v) is 9.15. The zero-order valence-electron chi connectivity index (χ0n) is 9.15. The van der Waals surface area contributed by atoms with Gasteiger partial charge in [0.1, 0.15) is 0 Å². The van der Waals surface area contributed by atoms with Gasteiger partial charge in [0.05, 0.1) is 18.8 Å². The summed E-state index contributed by atoms with van der Waals surface area (Å²) in [5.41, 5.74) is 6.50. The second-order valence-electron chi connectivity index (χ2n) is 3.89. The highest BCUT2D eigenvalue weighted by atomic mass is 16.5. The summed E-state index contributed by atoms with van der Waals surface area (Å²) >= 11 is 0. The smallest absolute Gasteiger partial charge is 0.0817 e. The van der Waals surface area contributed by atoms with E-state index in [2.05, 4.69) is 12.1 Å². The average molecular weight is 209 g/mol. The lowest BCUT2D eigenvalue weighted by Crippen LogP contribution is -2.40. The van der Waals surface area contributed by atoms with Gasteiger partial charge in [-0.25, -0.2) is 0 Å². The molecule has 0 radical (unpaired) electrons. The van der Waals surface area contributed by atoms with Crippen molar-refractivity contribution in [3.8, 4) is 0 Å². The zero-order chi connectivity index (χ0) is 11.1. The topological polar surface area (TPSA) is 55.5 Å². The summed E-state index contributed by atoms with van der Waals surface area (Å²) < 4.78 is 5.56. The molecule has 0 fully saturated rings. The average Bonchev–Trinajstić information content (AvgIpc) is 2.28. The molecule has 1 atom stereocenters. The Kier molecular flexibility index (Phi) is 4.75. The molecular weight excluding hydrogens is 190 g/mol. The third-order valence-corrected chi connectivity index (χ3v) is 2.39. The van der Waals surface area contributed by atoms with Gasteiger partial charge in [-0.1, -0.05) is 30.3 Å². The summed E-state index contributed by atoms with van der Waals surface area (Å²) in [5, 5.41) is 8.73. The predicted octanol–water partition coefficient (Wildman–Crippen LogP) is 0.955. The van der Waals surface area contributed by atoms with Gasteiger partial charge in [-0.05, 0) is 12.5 Å². The monoisotopic (exact) mass is 209 g/mol. The number of aliphatic hydroxyl groups excluding tert-OH is 1. The molecule has 0 heterocycles. The molecule has 3 N–H and O–H groups in total. The summed E-state index contributed by atoms with van der Waals surface area (Å²) in [4.78, 5) is 0. The van der Waals surface area contributed by atoms with E-state index in [1.165, 1.54) is 5.56 Å². The number of benzene rings is 1. The molecule has 0 bridgehead atoms. The van der Waals surface area contributed by atoms with Crippen LogP contribution in [0.1, 0.15) is 12.5 Å². The van der Waals surface area contributed by atoms with Gasteiger partial charge in [-0.3, -0.25) is 0 Å². The van der Waals surface area contributed by atoms with Crippen molar-refractivity contribution in [1.29, 1.82) is 0 Å². The van der Waals surface area contributed by atoms with E-state index < -0.39 is 0 Å². The lowest BCUT2D eigenvalue weighted by atomic mass is 9.96. The molecule has 0 aromatic heterocycles. The molecule has 84 valence electrons. The first-order valence-corrected chi connectivity index (χ1v) is 5.19. The molecule has 3 heteroatoms. The fourth-order valence-corrected chi connectivity index (χ4v) is 1.50. The van der Waals surface area contributed by atoms with Crippen molar-refractivity contribution in [2.24, 2.45) is 5.73 Å². The van der Waals surface area contributed by atoms with Crippen LogP contribution in [0.5, 0.6) is 0 Å². The number of ether oxygens (including phenoxy) is 1. The molecule has 0 saturated carbocycles. The summed E-state index contributed by atoms with van der Waals surface area (Å²) in [6.07, 6.45) is 0.768. The fraction of sp³-hybridized carbons (Fsp3) is 0.500. The minimum Gasteiger partial charge on any atom is -0.394 e. The molecule has 15 heavy (non-hydrogen) atoms. The van der Waals surface area contributed by atoms with Crippen LogP contribution in [0.4, 0.5) is 0 Å². The maximum absolute atomic E-state index is 8.73. The maximum atomic E-state index is 8.73. The molecule has 0 spiro atoms. The van der Waals surface area contributed by atoms with E-state index in [1.54, 1.807) is 0 Å². The van der Waals surface area contributed by atoms with Gasteiger partial charge in [-0.15, -0.1) is 0 Å². The van der Waals surface area contributed by atoms with Crippen molar-refractivity contribution in [2.45, 2.75) is 18.9 Å². The van der Waals surface area contributed by atoms with Crippen LogP contribution in [-0.4, -0.2) is 30.5 Å². The van der Waals surface area contributed by atoms with E-state index in [0.717, 1.165) is 6.42 Å². The Morgan fingerprint density at radius 1 is 1.33 bits per heavy atom. The third-order valence-electron chi connectivity index (χ3n) is 2.39. The Morgan fingerprint density at radius 2 is 2.00 bits per heavy atom. The molecular formula is C12H19NO2. The number of rotatable bonds is 6. The minimum atomic E-state index is -0.385. The van der Waals surface area contributed by atoms with Crippen molar-refractivity contribution >= 4 is 0 Å². The summed E-state index contributed by atoms with van der Waals surface area (Å²) in [6.45, 7) is 2.78. The normalized spacial score (nSPS) is 14.9. The van der Waals surface area contributed by atoms with Crippen molar-refractivity contribution < 1.29 is 9.84 Å². The predicted molar refractivity (Wildman–Crippen MR) is 60.6 cm³/mol. The molecule has 0 aliphatic rings. The quantitative estimate of drug-likeness (QED) is 0.733. The molecule has 0 amide bonds. The van der Waals surface area contributed by atoms with Crippen LogP contribution >= 0.6 is 0 Å². The van der Waals surface area contributed by atoms with Crippen LogP contribution in [0.15, 0.2) is 30.3 Å². The Hall–Kier alpha value is -0.900. The van der Waals surface area contributed by atoms with Gasteiger partial charge in [-0.2, -0.15) is 0 Å². The van der Waals surface area contributed by atoms with Gasteiger partial charge in [0.15, 0.2) is 0 Å². The van der Waals surface area contributed by atoms with Crippen LogP contribution in [0.25, 0.3) is 0 Å². The van der Waals surface area contributed by atoms with Crippen molar-refractivity contribution in [1.82, 2.24) is 0 Å². The van der Waals surface area contributed by atoms with E-state index in [9.17, 15) is 0 Å². The first-order valence-electron chi connectivity index (χ1n) is 5.19. The van der Waals surface area contributed by atoms with Gasteiger partial charge >= 0.3 is 0 Å². The fourth-order valence-electron chi connectivity index (χ4n) is 1.50. The molecule has 1 rings (SSSR count). The van der Waals surface area contributed by atoms with Gasteiger partial charge in [0.2, 0.25) is 0 Å². The van der Waals surface area contributed by atoms with Gasteiger partial charge in [0.25, 0.3) is 0 Å². The highest BCUT2D eigenvalue weighted by Crippen LogP contribution is 2.16. The molecule has 1 unspecified atom stereocenters. The number of hydrogen-bond donors (Lipinski definition) is 2. The molecule has 0 aliphatic carbocycles. The summed E-state index contributed by atoms with van der Waals surface area (Å²) in [5.74, 6) is 0. The standard InChI is InChI=1S/C12H19NO2/c1-12(10-13,15-8-7-14)9-11-5-3-2-4-6-11/h2-6,14H,7-10,13H2,1H3. The van der Waals surface area contributed by atoms with Crippen molar-refractivity contribution in [3.63, 3.8) is 0 Å². The van der Waals surface area contributed by atoms with Crippen LogP contribution in [0, 0.1) is 0 Å². The van der Waals surface area contributed by atoms with Crippen molar-refractivity contribution in [3.05, 3.63) is 35.9 Å². The van der Waals surface area contributed by atoms with Gasteiger partial charge in [0, 0.05) is 13.0 Å². The second-order valence-corrected chi connectivity index (χ2v) is 3.89. The van der Waals surface area contributed by atoms with Crippen LogP contribution in [0.3, 0.4) is 0 Å². The highest BCUT2D eigenvalue weighted by Gasteiger charge is 2.23. The Bertz CT molecular complexity index is 276. The molecule has 3 nitrogen and oxygen atoms in total. The molecule has 1 aromatic carbocycles. The second kappa shape index (κ2) is 5.85. The van der Waals surface area contributed by atoms with E-state index >= 15 is 0 Å². The van der Waals surface area contributed by atoms with Crippen LogP contribution < -0.4 is 5.73 Å². The highest BCUT2D eigenvalue weighted by molar-refractivity contribution is 5.17. The molecule has 0 saturated heterocycles. The first kappa shape index (κ1) is 12.2. The number of hydrogen-bond acceptors (Lipinski definition) is 3. The summed E-state index contributed by atoms with van der Waals surface area (Å²) in [6, 6.07) is 10.1. The maximum Gasteiger partial charge on any atom is 0.0817 e. The third kappa shape index (κ3) is 4.00. The Morgan fingerprint density at radius 3 is 2.53 bits per heavy atom. The lowest BCUT2D eigenvalue weighted by molar-refractivity contribution is -0.0388. The van der Waals surface area contributed by atoms with Crippen LogP contribution in [-0.2, 0) is 11.2 Å². The van der Waals surface area contributed by atoms with E-state index in [4.69, 9.17) is 15.6 Å². The van der Waals surface area contributed by atoms with E-state index in [-0.39, 0.29) is 12.2 Å².